The fourth-order valence-electron chi connectivity index (χ4n) is 9.08. The molecule has 7 atom stereocenters. The molecule has 0 radical (unpaired) electrons. The number of fused-ring (bicyclic) bond motifs is 2. The highest BCUT2D eigenvalue weighted by atomic mass is 32.1. The molecular weight excluding hydrogens is 706 g/mol. The molecule has 5 heterocycles. The number of nitrogens with zero attached hydrogens (tertiary/aromatic N) is 3. The summed E-state index contributed by atoms with van der Waals surface area (Å²) in [5.74, 6) is -2.87. The molecule has 1 spiro atoms. The van der Waals surface area contributed by atoms with Crippen molar-refractivity contribution >= 4 is 46.7 Å². The maximum absolute atomic E-state index is 14.6. The summed E-state index contributed by atoms with van der Waals surface area (Å²) in [6, 6.07) is 14.7. The van der Waals surface area contributed by atoms with Crippen LogP contribution in [0.5, 0.6) is 0 Å². The van der Waals surface area contributed by atoms with Crippen LogP contribution in [0, 0.1) is 0 Å². The SMILES string of the molecule is CN(C[C@H]1CCO1)[C@H]1CCC(NC(=O)c2cc3cc([C@H](F)P(=O)(O)O)ccc3s2)C(=O)N2[C@H](CC[C@H]2C(=O)N2C[C@H](c3ccccc3)CC23CC3)C1. The number of thiophene rings is 1. The Labute approximate surface area is 306 Å². The topological polar surface area (TPSA) is 140 Å². The average molecular weight is 753 g/mol. The maximum atomic E-state index is 14.6. The first-order valence-electron chi connectivity index (χ1n) is 18.4. The second kappa shape index (κ2) is 13.9. The molecule has 1 aliphatic carbocycles. The number of rotatable bonds is 9. The predicted octanol–water partition coefficient (Wildman–Crippen LogP) is 5.33. The molecular formula is C38H46FN4O7PS. The monoisotopic (exact) mass is 752 g/mol. The molecule has 4 aliphatic heterocycles. The number of carbonyl (C=O) groups is 3. The summed E-state index contributed by atoms with van der Waals surface area (Å²) in [4.78, 5) is 68.3. The predicted molar refractivity (Wildman–Crippen MR) is 195 cm³/mol. The van der Waals surface area contributed by atoms with Crippen molar-refractivity contribution in [2.24, 2.45) is 0 Å². The lowest BCUT2D eigenvalue weighted by Gasteiger charge is -2.42. The van der Waals surface area contributed by atoms with Gasteiger partial charge in [0.25, 0.3) is 5.91 Å². The molecule has 1 saturated carbocycles. The van der Waals surface area contributed by atoms with Gasteiger partial charge in [-0.15, -0.1) is 11.3 Å². The summed E-state index contributed by atoms with van der Waals surface area (Å²) in [7, 11) is -2.91. The van der Waals surface area contributed by atoms with Crippen molar-refractivity contribution in [1.29, 1.82) is 0 Å². The fraction of sp³-hybridized carbons (Fsp3) is 0.553. The number of carbonyl (C=O) groups excluding carboxylic acids is 3. The Balaban J connectivity index is 1.05. The molecule has 8 rings (SSSR count). The second-order valence-corrected chi connectivity index (χ2v) is 18.2. The lowest BCUT2D eigenvalue weighted by Crippen LogP contribution is -2.59. The molecule has 5 fully saturated rings. The van der Waals surface area contributed by atoms with Gasteiger partial charge in [-0.1, -0.05) is 36.4 Å². The highest BCUT2D eigenvalue weighted by Gasteiger charge is 2.58. The third-order valence-corrected chi connectivity index (χ3v) is 14.2. The van der Waals surface area contributed by atoms with Crippen LogP contribution in [0.4, 0.5) is 4.39 Å². The molecule has 3 N–H and O–H groups in total. The normalized spacial score (nSPS) is 29.1. The molecule has 1 unspecified atom stereocenters. The largest absolute Gasteiger partial charge is 0.377 e. The van der Waals surface area contributed by atoms with Crippen molar-refractivity contribution in [2.45, 2.75) is 105 Å². The van der Waals surface area contributed by atoms with Crippen LogP contribution in [-0.2, 0) is 18.9 Å². The third-order valence-electron chi connectivity index (χ3n) is 12.2. The zero-order valence-corrected chi connectivity index (χ0v) is 30.9. The van der Waals surface area contributed by atoms with Crippen LogP contribution in [0.15, 0.2) is 54.6 Å². The summed E-state index contributed by atoms with van der Waals surface area (Å²) < 4.78 is 32.4. The lowest BCUT2D eigenvalue weighted by atomic mass is 9.93. The second-order valence-electron chi connectivity index (χ2n) is 15.5. The molecule has 11 nitrogen and oxygen atoms in total. The molecule has 14 heteroatoms. The number of halogens is 1. The van der Waals surface area contributed by atoms with Gasteiger partial charge in [0.1, 0.15) is 12.1 Å². The van der Waals surface area contributed by atoms with E-state index in [1.54, 1.807) is 12.1 Å². The van der Waals surface area contributed by atoms with E-state index in [2.05, 4.69) is 34.3 Å². The summed E-state index contributed by atoms with van der Waals surface area (Å²) in [5, 5.41) is 3.49. The Hall–Kier alpha value is -3.19. The summed E-state index contributed by atoms with van der Waals surface area (Å²) >= 11 is 1.16. The van der Waals surface area contributed by atoms with Gasteiger partial charge in [-0.05, 0) is 99.5 Å². The van der Waals surface area contributed by atoms with E-state index in [-0.39, 0.29) is 47.0 Å². The van der Waals surface area contributed by atoms with Crippen LogP contribution in [0.2, 0.25) is 0 Å². The number of nitrogens with one attached hydrogen (secondary N) is 1. The van der Waals surface area contributed by atoms with E-state index >= 15 is 0 Å². The molecule has 278 valence electrons. The highest BCUT2D eigenvalue weighted by molar-refractivity contribution is 7.51. The van der Waals surface area contributed by atoms with Gasteiger partial charge in [0.2, 0.25) is 17.7 Å². The maximum Gasteiger partial charge on any atom is 0.363 e. The van der Waals surface area contributed by atoms with Crippen molar-refractivity contribution in [3.63, 3.8) is 0 Å². The van der Waals surface area contributed by atoms with Crippen LogP contribution < -0.4 is 5.32 Å². The molecule has 5 aliphatic rings. The number of ether oxygens (including phenoxy) is 1. The number of alkyl halides is 1. The fourth-order valence-corrected chi connectivity index (χ4v) is 10.6. The Morgan fingerprint density at radius 3 is 2.56 bits per heavy atom. The summed E-state index contributed by atoms with van der Waals surface area (Å²) in [6.45, 7) is 2.20. The zero-order valence-electron chi connectivity index (χ0n) is 29.2. The first-order valence-corrected chi connectivity index (χ1v) is 20.9. The molecule has 2 aromatic carbocycles. The molecule has 52 heavy (non-hydrogen) atoms. The molecule has 4 saturated heterocycles. The Morgan fingerprint density at radius 2 is 1.87 bits per heavy atom. The minimum absolute atomic E-state index is 0.0204. The highest BCUT2D eigenvalue weighted by Crippen LogP contribution is 2.55. The van der Waals surface area contributed by atoms with Crippen molar-refractivity contribution < 1.29 is 37.9 Å². The first-order chi connectivity index (χ1) is 24.9. The van der Waals surface area contributed by atoms with Crippen molar-refractivity contribution in [3.05, 3.63) is 70.6 Å². The van der Waals surface area contributed by atoms with Crippen molar-refractivity contribution in [2.75, 3.05) is 26.7 Å². The van der Waals surface area contributed by atoms with Crippen LogP contribution in [0.1, 0.15) is 90.4 Å². The number of amides is 3. The standard InChI is InChI=1S/C38H46FN4O7PS/c1-41(22-29-13-16-50-29)27-8-10-30(40-35(44)33-18-25-17-24(7-12-32(25)52-33)34(39)51(47,48)49)36(45)43-28(19-27)9-11-31(43)37(46)42-21-26(20-38(42)14-15-38)23-5-3-2-4-6-23/h2-7,12,17-18,26-31,34H,8-11,13-16,19-22H2,1H3,(H,40,44)(H2,47,48,49)/t26-,27+,28-,29-,30?,31+,34-/m1/s1. The summed E-state index contributed by atoms with van der Waals surface area (Å²) in [5.41, 5.74) is 0.929. The molecule has 3 aromatic rings. The minimum Gasteiger partial charge on any atom is -0.377 e. The number of likely N-dealkylation sites (tertiary alicyclic amines) is 1. The molecule has 0 bridgehead atoms. The summed E-state index contributed by atoms with van der Waals surface area (Å²) in [6.07, 6.45) is 7.24. The quantitative estimate of drug-likeness (QED) is 0.250. The van der Waals surface area contributed by atoms with Crippen molar-refractivity contribution in [3.8, 4) is 0 Å². The average Bonchev–Trinajstić information content (AvgIpc) is 3.40. The van der Waals surface area contributed by atoms with E-state index in [1.807, 2.05) is 23.1 Å². The zero-order chi connectivity index (χ0) is 36.4. The lowest BCUT2D eigenvalue weighted by molar-refractivity contribution is -0.148. The Kier molecular flexibility index (Phi) is 9.58. The van der Waals surface area contributed by atoms with Crippen LogP contribution in [-0.4, -0.2) is 105 Å². The van der Waals surface area contributed by atoms with E-state index in [1.165, 1.54) is 17.7 Å². The number of likely N-dealkylation sites (N-methyl/N-ethyl adjacent to an activating group) is 1. The van der Waals surface area contributed by atoms with Crippen LogP contribution in [0.3, 0.4) is 0 Å². The van der Waals surface area contributed by atoms with Gasteiger partial charge in [0.15, 0.2) is 0 Å². The van der Waals surface area contributed by atoms with Gasteiger partial charge in [0, 0.05) is 47.9 Å². The number of hydrogen-bond donors (Lipinski definition) is 3. The van der Waals surface area contributed by atoms with Gasteiger partial charge < -0.3 is 34.5 Å². The molecule has 1 aromatic heterocycles. The van der Waals surface area contributed by atoms with Crippen LogP contribution >= 0.6 is 18.9 Å². The van der Waals surface area contributed by atoms with Gasteiger partial charge in [0.05, 0.1) is 11.0 Å². The van der Waals surface area contributed by atoms with Gasteiger partial charge in [-0.3, -0.25) is 18.9 Å². The van der Waals surface area contributed by atoms with Crippen molar-refractivity contribution in [1.82, 2.24) is 20.0 Å². The first kappa shape index (κ1) is 35.8. The number of hydrogen-bond acceptors (Lipinski definition) is 7. The van der Waals surface area contributed by atoms with E-state index < -0.39 is 31.5 Å². The number of benzene rings is 2. The van der Waals surface area contributed by atoms with E-state index in [4.69, 9.17) is 4.74 Å². The molecule has 3 amide bonds. The van der Waals surface area contributed by atoms with E-state index in [0.717, 1.165) is 63.0 Å². The van der Waals surface area contributed by atoms with Gasteiger partial charge in [-0.2, -0.15) is 0 Å². The van der Waals surface area contributed by atoms with E-state index in [0.29, 0.717) is 40.8 Å². The Bertz CT molecular complexity index is 1900. The van der Waals surface area contributed by atoms with Gasteiger partial charge in [-0.25, -0.2) is 4.39 Å². The van der Waals surface area contributed by atoms with E-state index in [9.17, 15) is 33.1 Å². The van der Waals surface area contributed by atoms with Gasteiger partial charge >= 0.3 is 7.60 Å². The third kappa shape index (κ3) is 6.84. The van der Waals surface area contributed by atoms with Crippen LogP contribution in [0.25, 0.3) is 10.1 Å². The minimum atomic E-state index is -5.00. The smallest absolute Gasteiger partial charge is 0.363 e. The Morgan fingerprint density at radius 1 is 1.10 bits per heavy atom.